The van der Waals surface area contributed by atoms with Crippen molar-refractivity contribution in [1.29, 1.82) is 0 Å². The topological polar surface area (TPSA) is 38.7 Å². The molecule has 1 unspecified atom stereocenters. The van der Waals surface area contributed by atoms with Gasteiger partial charge in [-0.05, 0) is 54.8 Å². The van der Waals surface area contributed by atoms with Gasteiger partial charge in [-0.2, -0.15) is 0 Å². The summed E-state index contributed by atoms with van der Waals surface area (Å²) in [6, 6.07) is 9.43. The van der Waals surface area contributed by atoms with Crippen LogP contribution >= 0.6 is 15.9 Å². The van der Waals surface area contributed by atoms with Crippen LogP contribution in [0.2, 0.25) is 0 Å². The molecular formula is C17H19BrO3. The van der Waals surface area contributed by atoms with E-state index in [0.717, 1.165) is 21.2 Å². The van der Waals surface area contributed by atoms with Crippen molar-refractivity contribution in [2.24, 2.45) is 0 Å². The maximum Gasteiger partial charge on any atom is 0.125 e. The van der Waals surface area contributed by atoms with Gasteiger partial charge in [0, 0.05) is 10.0 Å². The molecule has 4 heteroatoms. The standard InChI is InChI=1S/C17H19BrO3/c1-10-8-15(18)11(2)7-13(10)17(19)14-9-12(20-3)5-6-16(14)21-4/h5-9,17,19H,1-4H3. The van der Waals surface area contributed by atoms with Crippen molar-refractivity contribution in [3.8, 4) is 11.5 Å². The molecule has 0 radical (unpaired) electrons. The summed E-state index contributed by atoms with van der Waals surface area (Å²) >= 11 is 3.51. The number of halogens is 1. The Morgan fingerprint density at radius 1 is 0.952 bits per heavy atom. The highest BCUT2D eigenvalue weighted by atomic mass is 79.9. The van der Waals surface area contributed by atoms with Gasteiger partial charge in [-0.1, -0.05) is 22.0 Å². The molecule has 0 aromatic heterocycles. The number of aliphatic hydroxyl groups excluding tert-OH is 1. The Morgan fingerprint density at radius 3 is 2.29 bits per heavy atom. The zero-order valence-electron chi connectivity index (χ0n) is 12.6. The van der Waals surface area contributed by atoms with Crippen molar-refractivity contribution in [2.75, 3.05) is 14.2 Å². The van der Waals surface area contributed by atoms with Gasteiger partial charge in [-0.3, -0.25) is 0 Å². The smallest absolute Gasteiger partial charge is 0.125 e. The van der Waals surface area contributed by atoms with E-state index in [2.05, 4.69) is 15.9 Å². The lowest BCUT2D eigenvalue weighted by atomic mass is 9.95. The number of aryl methyl sites for hydroxylation is 2. The lowest BCUT2D eigenvalue weighted by Gasteiger charge is -2.19. The van der Waals surface area contributed by atoms with E-state index in [1.54, 1.807) is 26.4 Å². The van der Waals surface area contributed by atoms with Crippen LogP contribution in [0, 0.1) is 13.8 Å². The van der Waals surface area contributed by atoms with Gasteiger partial charge >= 0.3 is 0 Å². The van der Waals surface area contributed by atoms with Crippen LogP contribution in [-0.4, -0.2) is 19.3 Å². The van der Waals surface area contributed by atoms with Gasteiger partial charge in [-0.15, -0.1) is 0 Å². The molecule has 0 spiro atoms. The van der Waals surface area contributed by atoms with Gasteiger partial charge in [0.2, 0.25) is 0 Å². The fraction of sp³-hybridized carbons (Fsp3) is 0.294. The summed E-state index contributed by atoms with van der Waals surface area (Å²) in [6.07, 6.45) is -0.762. The van der Waals surface area contributed by atoms with E-state index in [4.69, 9.17) is 9.47 Å². The number of ether oxygens (including phenoxy) is 2. The fourth-order valence-electron chi connectivity index (χ4n) is 2.32. The SMILES string of the molecule is COc1ccc(OC)c(C(O)c2cc(C)c(Br)cc2C)c1. The lowest BCUT2D eigenvalue weighted by Crippen LogP contribution is -2.05. The first-order valence-corrected chi connectivity index (χ1v) is 7.44. The van der Waals surface area contributed by atoms with Gasteiger partial charge in [0.15, 0.2) is 0 Å². The molecule has 0 saturated carbocycles. The van der Waals surface area contributed by atoms with E-state index < -0.39 is 6.10 Å². The minimum Gasteiger partial charge on any atom is -0.497 e. The van der Waals surface area contributed by atoms with Gasteiger partial charge in [-0.25, -0.2) is 0 Å². The molecule has 21 heavy (non-hydrogen) atoms. The summed E-state index contributed by atoms with van der Waals surface area (Å²) < 4.78 is 11.6. The Morgan fingerprint density at radius 2 is 1.67 bits per heavy atom. The minimum absolute atomic E-state index is 0.642. The first-order valence-electron chi connectivity index (χ1n) is 6.64. The van der Waals surface area contributed by atoms with Crippen LogP contribution in [0.4, 0.5) is 0 Å². The van der Waals surface area contributed by atoms with E-state index in [1.165, 1.54) is 0 Å². The normalized spacial score (nSPS) is 12.1. The van der Waals surface area contributed by atoms with Gasteiger partial charge in [0.25, 0.3) is 0 Å². The Kier molecular flexibility index (Phi) is 4.91. The second kappa shape index (κ2) is 6.50. The maximum atomic E-state index is 10.8. The minimum atomic E-state index is -0.762. The Hall–Kier alpha value is -1.52. The highest BCUT2D eigenvalue weighted by Crippen LogP contribution is 2.35. The molecular weight excluding hydrogens is 332 g/mol. The number of aliphatic hydroxyl groups is 1. The predicted molar refractivity (Wildman–Crippen MR) is 87.2 cm³/mol. The van der Waals surface area contributed by atoms with E-state index in [9.17, 15) is 5.11 Å². The van der Waals surface area contributed by atoms with Crippen molar-refractivity contribution in [3.63, 3.8) is 0 Å². The van der Waals surface area contributed by atoms with Crippen LogP contribution in [0.15, 0.2) is 34.8 Å². The zero-order chi connectivity index (χ0) is 15.6. The van der Waals surface area contributed by atoms with Crippen LogP contribution in [0.1, 0.15) is 28.4 Å². The molecule has 2 rings (SSSR count). The molecule has 0 aliphatic rings. The molecule has 0 saturated heterocycles. The third-order valence-electron chi connectivity index (χ3n) is 3.57. The van der Waals surface area contributed by atoms with Crippen LogP contribution in [0.3, 0.4) is 0 Å². The third-order valence-corrected chi connectivity index (χ3v) is 4.43. The molecule has 2 aromatic rings. The van der Waals surface area contributed by atoms with Crippen molar-refractivity contribution in [3.05, 3.63) is 57.1 Å². The third kappa shape index (κ3) is 3.22. The second-order valence-electron chi connectivity index (χ2n) is 4.97. The summed E-state index contributed by atoms with van der Waals surface area (Å²) in [5.74, 6) is 1.33. The molecule has 0 aliphatic heterocycles. The molecule has 0 bridgehead atoms. The lowest BCUT2D eigenvalue weighted by molar-refractivity contribution is 0.213. The molecule has 3 nitrogen and oxygen atoms in total. The number of rotatable bonds is 4. The molecule has 0 heterocycles. The Balaban J connectivity index is 2.53. The zero-order valence-corrected chi connectivity index (χ0v) is 14.2. The highest BCUT2D eigenvalue weighted by Gasteiger charge is 2.19. The highest BCUT2D eigenvalue weighted by molar-refractivity contribution is 9.10. The molecule has 0 aliphatic carbocycles. The van der Waals surface area contributed by atoms with Crippen molar-refractivity contribution in [1.82, 2.24) is 0 Å². The summed E-state index contributed by atoms with van der Waals surface area (Å²) in [5.41, 5.74) is 3.66. The van der Waals surface area contributed by atoms with Gasteiger partial charge in [0.1, 0.15) is 17.6 Å². The van der Waals surface area contributed by atoms with Gasteiger partial charge in [0.05, 0.1) is 14.2 Å². The first-order chi connectivity index (χ1) is 9.97. The summed E-state index contributed by atoms with van der Waals surface area (Å²) in [4.78, 5) is 0. The van der Waals surface area contributed by atoms with E-state index in [0.29, 0.717) is 17.1 Å². The molecule has 2 aromatic carbocycles. The number of methoxy groups -OCH3 is 2. The molecule has 0 amide bonds. The van der Waals surface area contributed by atoms with Crippen molar-refractivity contribution >= 4 is 15.9 Å². The van der Waals surface area contributed by atoms with Gasteiger partial charge < -0.3 is 14.6 Å². The van der Waals surface area contributed by atoms with Crippen molar-refractivity contribution in [2.45, 2.75) is 20.0 Å². The van der Waals surface area contributed by atoms with Crippen LogP contribution in [0.25, 0.3) is 0 Å². The van der Waals surface area contributed by atoms with Crippen molar-refractivity contribution < 1.29 is 14.6 Å². The van der Waals surface area contributed by atoms with Crippen LogP contribution in [-0.2, 0) is 0 Å². The number of hydrogen-bond donors (Lipinski definition) is 1. The monoisotopic (exact) mass is 350 g/mol. The molecule has 112 valence electrons. The number of benzene rings is 2. The average Bonchev–Trinajstić information content (AvgIpc) is 2.49. The number of hydrogen-bond acceptors (Lipinski definition) is 3. The second-order valence-corrected chi connectivity index (χ2v) is 5.82. The largest absolute Gasteiger partial charge is 0.497 e. The predicted octanol–water partition coefficient (Wildman–Crippen LogP) is 4.16. The van der Waals surface area contributed by atoms with E-state index in [-0.39, 0.29) is 0 Å². The molecule has 1 atom stereocenters. The Bertz CT molecular complexity index is 653. The van der Waals surface area contributed by atoms with Crippen LogP contribution < -0.4 is 9.47 Å². The Labute approximate surface area is 133 Å². The summed E-state index contributed by atoms with van der Waals surface area (Å²) in [6.45, 7) is 3.98. The van der Waals surface area contributed by atoms with Crippen LogP contribution in [0.5, 0.6) is 11.5 Å². The molecule has 0 fully saturated rings. The average molecular weight is 351 g/mol. The van der Waals surface area contributed by atoms with E-state index in [1.807, 2.05) is 32.0 Å². The maximum absolute atomic E-state index is 10.8. The molecule has 1 N–H and O–H groups in total. The summed E-state index contributed by atoms with van der Waals surface area (Å²) in [5, 5.41) is 10.8. The first kappa shape index (κ1) is 15.9. The van der Waals surface area contributed by atoms with E-state index >= 15 is 0 Å². The quantitative estimate of drug-likeness (QED) is 0.899. The summed E-state index contributed by atoms with van der Waals surface area (Å²) in [7, 11) is 3.20. The fourth-order valence-corrected chi connectivity index (χ4v) is 2.78.